The van der Waals surface area contributed by atoms with E-state index in [1.165, 1.54) is 7.11 Å². The van der Waals surface area contributed by atoms with Gasteiger partial charge in [0.2, 0.25) is 0 Å². The molecule has 0 spiro atoms. The lowest BCUT2D eigenvalue weighted by atomic mass is 10.1. The van der Waals surface area contributed by atoms with Gasteiger partial charge in [-0.25, -0.2) is 0 Å². The topological polar surface area (TPSA) is 79.2 Å². The van der Waals surface area contributed by atoms with Crippen LogP contribution in [0.4, 0.5) is 0 Å². The van der Waals surface area contributed by atoms with Gasteiger partial charge in [-0.2, -0.15) is 0 Å². The fourth-order valence-corrected chi connectivity index (χ4v) is 1.64. The molecular formula is C10H15O5P. The average molecular weight is 246 g/mol. The Hall–Kier alpha value is -0.870. The van der Waals surface area contributed by atoms with Gasteiger partial charge in [0.25, 0.3) is 0 Å². The predicted molar refractivity (Wildman–Crippen MR) is 60.4 cm³/mol. The third-order valence-electron chi connectivity index (χ3n) is 2.03. The summed E-state index contributed by atoms with van der Waals surface area (Å²) >= 11 is 0. The molecule has 0 saturated carbocycles. The molecule has 0 radical (unpaired) electrons. The van der Waals surface area contributed by atoms with E-state index in [2.05, 4.69) is 0 Å². The van der Waals surface area contributed by atoms with Gasteiger partial charge in [0.1, 0.15) is 0 Å². The first kappa shape index (κ1) is 13.2. The first-order valence-corrected chi connectivity index (χ1v) is 5.97. The van der Waals surface area contributed by atoms with Crippen LogP contribution >= 0.6 is 8.60 Å². The van der Waals surface area contributed by atoms with Crippen molar-refractivity contribution in [2.24, 2.45) is 0 Å². The van der Waals surface area contributed by atoms with E-state index in [1.54, 1.807) is 18.2 Å². The first-order valence-electron chi connectivity index (χ1n) is 4.81. The molecule has 0 unspecified atom stereocenters. The van der Waals surface area contributed by atoms with E-state index >= 15 is 0 Å². The summed E-state index contributed by atoms with van der Waals surface area (Å²) in [6.45, 7) is 0.138. The van der Waals surface area contributed by atoms with Crippen LogP contribution in [0.1, 0.15) is 12.0 Å². The maximum atomic E-state index is 8.75. The number of benzene rings is 1. The Morgan fingerprint density at radius 2 is 2.00 bits per heavy atom. The second-order valence-electron chi connectivity index (χ2n) is 3.16. The molecule has 1 aromatic rings. The number of rotatable bonds is 6. The van der Waals surface area contributed by atoms with Crippen molar-refractivity contribution in [2.75, 3.05) is 13.7 Å². The lowest BCUT2D eigenvalue weighted by Gasteiger charge is -2.11. The highest BCUT2D eigenvalue weighted by atomic mass is 31.2. The number of ether oxygens (including phenoxy) is 1. The molecule has 16 heavy (non-hydrogen) atoms. The minimum atomic E-state index is -2.44. The van der Waals surface area contributed by atoms with Crippen LogP contribution in [0.5, 0.6) is 11.5 Å². The van der Waals surface area contributed by atoms with Crippen molar-refractivity contribution >= 4 is 8.60 Å². The fourth-order valence-electron chi connectivity index (χ4n) is 1.31. The third-order valence-corrected chi connectivity index (χ3v) is 2.39. The highest BCUT2D eigenvalue weighted by Gasteiger charge is 2.09. The number of aliphatic hydroxyl groups excluding tert-OH is 1. The van der Waals surface area contributed by atoms with E-state index in [9.17, 15) is 0 Å². The van der Waals surface area contributed by atoms with Gasteiger partial charge in [-0.3, -0.25) is 0 Å². The Bertz CT molecular complexity index is 329. The maximum absolute atomic E-state index is 8.75. The van der Waals surface area contributed by atoms with Crippen LogP contribution in [-0.2, 0) is 6.42 Å². The van der Waals surface area contributed by atoms with Crippen molar-refractivity contribution in [2.45, 2.75) is 12.8 Å². The molecule has 0 atom stereocenters. The molecular weight excluding hydrogens is 231 g/mol. The van der Waals surface area contributed by atoms with Crippen molar-refractivity contribution in [3.05, 3.63) is 23.8 Å². The van der Waals surface area contributed by atoms with E-state index in [-0.39, 0.29) is 6.61 Å². The molecule has 1 rings (SSSR count). The lowest BCUT2D eigenvalue weighted by molar-refractivity contribution is 0.288. The highest BCUT2D eigenvalue weighted by Crippen LogP contribution is 2.36. The SMILES string of the molecule is COc1cc(CCCO)ccc1OP(O)O. The van der Waals surface area contributed by atoms with Gasteiger partial charge in [0.15, 0.2) is 11.5 Å². The number of hydrogen-bond acceptors (Lipinski definition) is 5. The quantitative estimate of drug-likeness (QED) is 0.657. The van der Waals surface area contributed by atoms with E-state index in [4.69, 9.17) is 24.2 Å². The molecule has 5 nitrogen and oxygen atoms in total. The van der Waals surface area contributed by atoms with Gasteiger partial charge < -0.3 is 24.2 Å². The molecule has 3 N–H and O–H groups in total. The monoisotopic (exact) mass is 246 g/mol. The molecule has 1 aromatic carbocycles. The summed E-state index contributed by atoms with van der Waals surface area (Å²) in [6, 6.07) is 5.17. The first-order chi connectivity index (χ1) is 7.67. The zero-order chi connectivity index (χ0) is 12.0. The van der Waals surface area contributed by atoms with E-state index in [1.807, 2.05) is 0 Å². The highest BCUT2D eigenvalue weighted by molar-refractivity contribution is 7.39. The molecule has 0 heterocycles. The lowest BCUT2D eigenvalue weighted by Crippen LogP contribution is -1.94. The van der Waals surface area contributed by atoms with Crippen LogP contribution in [0.25, 0.3) is 0 Å². The van der Waals surface area contributed by atoms with Gasteiger partial charge in [-0.1, -0.05) is 6.07 Å². The fraction of sp³-hybridized carbons (Fsp3) is 0.400. The van der Waals surface area contributed by atoms with Crippen LogP contribution in [0.3, 0.4) is 0 Å². The largest absolute Gasteiger partial charge is 0.493 e. The molecule has 0 aliphatic heterocycles. The molecule has 0 bridgehead atoms. The van der Waals surface area contributed by atoms with Gasteiger partial charge in [0.05, 0.1) is 7.11 Å². The zero-order valence-corrected chi connectivity index (χ0v) is 9.85. The minimum absolute atomic E-state index is 0.138. The molecule has 0 fully saturated rings. The molecule has 0 aliphatic carbocycles. The summed E-state index contributed by atoms with van der Waals surface area (Å²) in [4.78, 5) is 17.5. The third kappa shape index (κ3) is 3.94. The Morgan fingerprint density at radius 3 is 2.56 bits per heavy atom. The van der Waals surface area contributed by atoms with Crippen LogP contribution in [0.15, 0.2) is 18.2 Å². The van der Waals surface area contributed by atoms with Crippen LogP contribution in [0, 0.1) is 0 Å². The van der Waals surface area contributed by atoms with Gasteiger partial charge in [-0.15, -0.1) is 0 Å². The van der Waals surface area contributed by atoms with Crippen LogP contribution < -0.4 is 9.26 Å². The molecule has 0 aromatic heterocycles. The van der Waals surface area contributed by atoms with E-state index in [0.717, 1.165) is 12.0 Å². The van der Waals surface area contributed by atoms with Crippen LogP contribution in [-0.4, -0.2) is 28.6 Å². The maximum Gasteiger partial charge on any atom is 0.391 e. The summed E-state index contributed by atoms with van der Waals surface area (Å²) < 4.78 is 9.86. The summed E-state index contributed by atoms with van der Waals surface area (Å²) in [7, 11) is -0.958. The Morgan fingerprint density at radius 1 is 1.25 bits per heavy atom. The predicted octanol–water partition coefficient (Wildman–Crippen LogP) is 1.21. The second kappa shape index (κ2) is 6.66. The molecule has 6 heteroatoms. The van der Waals surface area contributed by atoms with Crippen molar-refractivity contribution < 1.29 is 24.2 Å². The van der Waals surface area contributed by atoms with Gasteiger partial charge >= 0.3 is 8.60 Å². The number of aliphatic hydroxyl groups is 1. The average Bonchev–Trinajstić information content (AvgIpc) is 2.27. The summed E-state index contributed by atoms with van der Waals surface area (Å²) in [5.41, 5.74) is 0.999. The number of hydrogen-bond donors (Lipinski definition) is 3. The van der Waals surface area contributed by atoms with Crippen molar-refractivity contribution in [1.82, 2.24) is 0 Å². The molecule has 0 saturated heterocycles. The standard InChI is InChI=1S/C10H15O5P/c1-14-10-7-8(3-2-6-11)4-5-9(10)15-16(12)13/h4-5,7,11-13H,2-3,6H2,1H3. The Balaban J connectivity index is 2.79. The van der Waals surface area contributed by atoms with E-state index < -0.39 is 8.60 Å². The van der Waals surface area contributed by atoms with Crippen molar-refractivity contribution in [3.63, 3.8) is 0 Å². The summed E-state index contributed by atoms with van der Waals surface area (Å²) in [6.07, 6.45) is 1.41. The summed E-state index contributed by atoms with van der Waals surface area (Å²) in [5, 5.41) is 8.71. The zero-order valence-electron chi connectivity index (χ0n) is 8.96. The normalized spacial score (nSPS) is 10.6. The van der Waals surface area contributed by atoms with Crippen molar-refractivity contribution in [3.8, 4) is 11.5 Å². The minimum Gasteiger partial charge on any atom is -0.493 e. The van der Waals surface area contributed by atoms with Crippen molar-refractivity contribution in [1.29, 1.82) is 0 Å². The second-order valence-corrected chi connectivity index (χ2v) is 3.84. The van der Waals surface area contributed by atoms with E-state index in [0.29, 0.717) is 17.9 Å². The molecule has 0 aliphatic rings. The smallest absolute Gasteiger partial charge is 0.391 e. The van der Waals surface area contributed by atoms with Gasteiger partial charge in [0, 0.05) is 6.61 Å². The Labute approximate surface area is 95.3 Å². The molecule has 0 amide bonds. The van der Waals surface area contributed by atoms with Gasteiger partial charge in [-0.05, 0) is 30.5 Å². The summed E-state index contributed by atoms with van der Waals surface area (Å²) in [5.74, 6) is 0.748. The Kier molecular flexibility index (Phi) is 5.49. The molecule has 90 valence electrons. The van der Waals surface area contributed by atoms with Crippen LogP contribution in [0.2, 0.25) is 0 Å². The number of aryl methyl sites for hydroxylation is 1. The number of methoxy groups -OCH3 is 1.